The van der Waals surface area contributed by atoms with E-state index < -0.39 is 0 Å². The summed E-state index contributed by atoms with van der Waals surface area (Å²) in [4.78, 5) is 0. The number of benzene rings is 2. The highest BCUT2D eigenvalue weighted by molar-refractivity contribution is 5.47. The van der Waals surface area contributed by atoms with Crippen molar-refractivity contribution in [1.29, 1.82) is 0 Å². The molecule has 0 aliphatic rings. The van der Waals surface area contributed by atoms with E-state index in [0.29, 0.717) is 13.2 Å². The van der Waals surface area contributed by atoms with Crippen LogP contribution in [0.4, 0.5) is 5.69 Å². The SMILES string of the molecule is Cc1ccccc1OCCOc1ccc(N)cc1C. The van der Waals surface area contributed by atoms with Crippen LogP contribution in [0.1, 0.15) is 11.1 Å². The number of nitrogens with two attached hydrogens (primary N) is 1. The molecule has 2 rings (SSSR count). The summed E-state index contributed by atoms with van der Waals surface area (Å²) in [6, 6.07) is 13.6. The Kier molecular flexibility index (Phi) is 4.29. The van der Waals surface area contributed by atoms with E-state index >= 15 is 0 Å². The van der Waals surface area contributed by atoms with Crippen molar-refractivity contribution >= 4 is 5.69 Å². The number of hydrogen-bond acceptors (Lipinski definition) is 3. The first-order chi connectivity index (χ1) is 9.16. The second-order valence-electron chi connectivity index (χ2n) is 4.49. The van der Waals surface area contributed by atoms with Crippen LogP contribution in [-0.4, -0.2) is 13.2 Å². The Bertz CT molecular complexity index is 552. The van der Waals surface area contributed by atoms with Crippen LogP contribution >= 0.6 is 0 Å². The molecule has 3 heteroatoms. The van der Waals surface area contributed by atoms with Gasteiger partial charge in [-0.2, -0.15) is 0 Å². The number of ether oxygens (including phenoxy) is 2. The molecule has 2 aromatic carbocycles. The predicted molar refractivity (Wildman–Crippen MR) is 77.8 cm³/mol. The van der Waals surface area contributed by atoms with Gasteiger partial charge >= 0.3 is 0 Å². The summed E-state index contributed by atoms with van der Waals surface area (Å²) in [6.45, 7) is 5.04. The molecule has 0 fully saturated rings. The Balaban J connectivity index is 1.83. The maximum absolute atomic E-state index is 5.69. The van der Waals surface area contributed by atoms with Crippen molar-refractivity contribution < 1.29 is 9.47 Å². The van der Waals surface area contributed by atoms with Crippen molar-refractivity contribution in [3.05, 3.63) is 53.6 Å². The number of para-hydroxylation sites is 1. The van der Waals surface area contributed by atoms with Crippen molar-refractivity contribution in [3.63, 3.8) is 0 Å². The zero-order chi connectivity index (χ0) is 13.7. The third-order valence-corrected chi connectivity index (χ3v) is 2.89. The third-order valence-electron chi connectivity index (χ3n) is 2.89. The quantitative estimate of drug-likeness (QED) is 0.660. The fourth-order valence-corrected chi connectivity index (χ4v) is 1.86. The number of aryl methyl sites for hydroxylation is 2. The van der Waals surface area contributed by atoms with Crippen LogP contribution in [0, 0.1) is 13.8 Å². The second-order valence-corrected chi connectivity index (χ2v) is 4.49. The molecular formula is C16H19NO2. The maximum Gasteiger partial charge on any atom is 0.122 e. The molecule has 3 nitrogen and oxygen atoms in total. The Hall–Kier alpha value is -2.16. The highest BCUT2D eigenvalue weighted by atomic mass is 16.5. The van der Waals surface area contributed by atoms with Crippen molar-refractivity contribution in [3.8, 4) is 11.5 Å². The third kappa shape index (κ3) is 3.65. The van der Waals surface area contributed by atoms with Gasteiger partial charge in [0, 0.05) is 5.69 Å². The molecule has 100 valence electrons. The van der Waals surface area contributed by atoms with Crippen LogP contribution in [0.5, 0.6) is 11.5 Å². The van der Waals surface area contributed by atoms with E-state index in [-0.39, 0.29) is 0 Å². The average molecular weight is 257 g/mol. The van der Waals surface area contributed by atoms with Gasteiger partial charge in [-0.15, -0.1) is 0 Å². The van der Waals surface area contributed by atoms with Crippen LogP contribution in [-0.2, 0) is 0 Å². The number of hydrogen-bond donors (Lipinski definition) is 1. The molecule has 2 N–H and O–H groups in total. The van der Waals surface area contributed by atoms with Gasteiger partial charge in [-0.05, 0) is 49.2 Å². The zero-order valence-corrected chi connectivity index (χ0v) is 11.3. The Morgan fingerprint density at radius 1 is 0.842 bits per heavy atom. The lowest BCUT2D eigenvalue weighted by Crippen LogP contribution is -2.10. The van der Waals surface area contributed by atoms with Gasteiger partial charge in [-0.3, -0.25) is 0 Å². The highest BCUT2D eigenvalue weighted by Gasteiger charge is 2.01. The van der Waals surface area contributed by atoms with Crippen molar-refractivity contribution in [2.75, 3.05) is 18.9 Å². The molecule has 0 atom stereocenters. The van der Waals surface area contributed by atoms with E-state index in [1.165, 1.54) is 0 Å². The first-order valence-corrected chi connectivity index (χ1v) is 6.34. The van der Waals surface area contributed by atoms with E-state index in [4.69, 9.17) is 15.2 Å². The van der Waals surface area contributed by atoms with E-state index in [9.17, 15) is 0 Å². The number of anilines is 1. The van der Waals surface area contributed by atoms with Gasteiger partial charge in [-0.25, -0.2) is 0 Å². The largest absolute Gasteiger partial charge is 0.490 e. The van der Waals surface area contributed by atoms with Crippen LogP contribution in [0.3, 0.4) is 0 Å². The minimum atomic E-state index is 0.513. The molecule has 0 aliphatic heterocycles. The molecule has 0 bridgehead atoms. The van der Waals surface area contributed by atoms with Gasteiger partial charge in [0.15, 0.2) is 0 Å². The second kappa shape index (κ2) is 6.14. The van der Waals surface area contributed by atoms with Gasteiger partial charge < -0.3 is 15.2 Å². The predicted octanol–water partition coefficient (Wildman–Crippen LogP) is 3.34. The molecule has 0 radical (unpaired) electrons. The van der Waals surface area contributed by atoms with E-state index in [2.05, 4.69) is 0 Å². The van der Waals surface area contributed by atoms with Crippen molar-refractivity contribution in [1.82, 2.24) is 0 Å². The smallest absolute Gasteiger partial charge is 0.122 e. The lowest BCUT2D eigenvalue weighted by atomic mass is 10.2. The molecule has 0 aliphatic carbocycles. The molecule has 0 saturated heterocycles. The van der Waals surface area contributed by atoms with Crippen LogP contribution in [0.2, 0.25) is 0 Å². The fourth-order valence-electron chi connectivity index (χ4n) is 1.86. The van der Waals surface area contributed by atoms with Gasteiger partial charge in [0.2, 0.25) is 0 Å². The monoisotopic (exact) mass is 257 g/mol. The summed E-state index contributed by atoms with van der Waals surface area (Å²) in [5.41, 5.74) is 8.61. The number of rotatable bonds is 5. The molecule has 0 spiro atoms. The normalized spacial score (nSPS) is 10.2. The van der Waals surface area contributed by atoms with Crippen LogP contribution in [0.15, 0.2) is 42.5 Å². The van der Waals surface area contributed by atoms with Crippen LogP contribution in [0.25, 0.3) is 0 Å². The zero-order valence-electron chi connectivity index (χ0n) is 11.3. The molecule has 2 aromatic rings. The highest BCUT2D eigenvalue weighted by Crippen LogP contribution is 2.20. The maximum atomic E-state index is 5.69. The van der Waals surface area contributed by atoms with Crippen molar-refractivity contribution in [2.24, 2.45) is 0 Å². The average Bonchev–Trinajstić information content (AvgIpc) is 2.38. The lowest BCUT2D eigenvalue weighted by Gasteiger charge is -2.11. The Morgan fingerprint density at radius 2 is 1.47 bits per heavy atom. The van der Waals surface area contributed by atoms with Gasteiger partial charge in [0.1, 0.15) is 24.7 Å². The summed E-state index contributed by atoms with van der Waals surface area (Å²) in [7, 11) is 0. The molecule has 0 amide bonds. The standard InChI is InChI=1S/C16H19NO2/c1-12-5-3-4-6-15(12)18-9-10-19-16-8-7-14(17)11-13(16)2/h3-8,11H,9-10,17H2,1-2H3. The molecule has 0 saturated carbocycles. The first kappa shape index (κ1) is 13.3. The van der Waals surface area contributed by atoms with E-state index in [0.717, 1.165) is 28.3 Å². The van der Waals surface area contributed by atoms with E-state index in [1.54, 1.807) is 0 Å². The van der Waals surface area contributed by atoms with Crippen molar-refractivity contribution in [2.45, 2.75) is 13.8 Å². The topological polar surface area (TPSA) is 44.5 Å². The molecule has 0 unspecified atom stereocenters. The first-order valence-electron chi connectivity index (χ1n) is 6.34. The van der Waals surface area contributed by atoms with Crippen LogP contribution < -0.4 is 15.2 Å². The summed E-state index contributed by atoms with van der Waals surface area (Å²) >= 11 is 0. The summed E-state index contributed by atoms with van der Waals surface area (Å²) < 4.78 is 11.3. The molecule has 0 aromatic heterocycles. The minimum Gasteiger partial charge on any atom is -0.490 e. The summed E-state index contributed by atoms with van der Waals surface area (Å²) in [5.74, 6) is 1.75. The molecule has 0 heterocycles. The van der Waals surface area contributed by atoms with Gasteiger partial charge in [0.05, 0.1) is 0 Å². The fraction of sp³-hybridized carbons (Fsp3) is 0.250. The van der Waals surface area contributed by atoms with Gasteiger partial charge in [-0.1, -0.05) is 18.2 Å². The molecular weight excluding hydrogens is 238 g/mol. The Labute approximate surface area is 114 Å². The van der Waals surface area contributed by atoms with Gasteiger partial charge in [0.25, 0.3) is 0 Å². The lowest BCUT2D eigenvalue weighted by molar-refractivity contribution is 0.215. The summed E-state index contributed by atoms with van der Waals surface area (Å²) in [5, 5.41) is 0. The number of nitrogen functional groups attached to an aromatic ring is 1. The Morgan fingerprint density at radius 3 is 2.11 bits per heavy atom. The molecule has 19 heavy (non-hydrogen) atoms. The van der Waals surface area contributed by atoms with E-state index in [1.807, 2.05) is 56.3 Å². The minimum absolute atomic E-state index is 0.513. The summed E-state index contributed by atoms with van der Waals surface area (Å²) in [6.07, 6.45) is 0.